The molecule has 1 unspecified atom stereocenters. The number of nitrogens with two attached hydrogens (primary N) is 1. The van der Waals surface area contributed by atoms with Gasteiger partial charge in [-0.1, -0.05) is 0 Å². The summed E-state index contributed by atoms with van der Waals surface area (Å²) in [6, 6.07) is 3.03. The second-order valence-electron chi connectivity index (χ2n) is 6.56. The van der Waals surface area contributed by atoms with E-state index in [0.29, 0.717) is 24.3 Å². The lowest BCUT2D eigenvalue weighted by Crippen LogP contribution is -2.43. The first kappa shape index (κ1) is 16.3. The Morgan fingerprint density at radius 3 is 2.73 bits per heavy atom. The molecule has 2 heterocycles. The number of hydrogen-bond donors (Lipinski definition) is 1. The maximum Gasteiger partial charge on any atom is 0.410 e. The number of likely N-dealkylation sites (tertiary alicyclic amines) is 1. The number of pyridine rings is 1. The largest absolute Gasteiger partial charge is 0.444 e. The molecule has 0 aromatic carbocycles. The van der Waals surface area contributed by atoms with Gasteiger partial charge in [-0.15, -0.1) is 0 Å². The molecule has 0 radical (unpaired) electrons. The molecule has 6 heteroatoms. The van der Waals surface area contributed by atoms with Gasteiger partial charge in [0.25, 0.3) is 0 Å². The SMILES string of the molecule is CC(C)(C)OC(=O)N1CCCC1C(=O)Cc1ccc(N)cn1. The van der Waals surface area contributed by atoms with Crippen molar-refractivity contribution in [1.82, 2.24) is 9.88 Å². The number of ketones is 1. The molecule has 0 aliphatic carbocycles. The van der Waals surface area contributed by atoms with Crippen LogP contribution >= 0.6 is 0 Å². The fourth-order valence-electron chi connectivity index (χ4n) is 2.48. The molecule has 1 aliphatic heterocycles. The van der Waals surface area contributed by atoms with Gasteiger partial charge in [0.2, 0.25) is 0 Å². The topological polar surface area (TPSA) is 85.5 Å². The van der Waals surface area contributed by atoms with Crippen LogP contribution in [0.5, 0.6) is 0 Å². The van der Waals surface area contributed by atoms with E-state index in [1.807, 2.05) is 20.8 Å². The van der Waals surface area contributed by atoms with Gasteiger partial charge in [0.1, 0.15) is 5.60 Å². The number of nitrogens with zero attached hydrogens (tertiary/aromatic N) is 2. The highest BCUT2D eigenvalue weighted by atomic mass is 16.6. The number of nitrogen functional groups attached to an aromatic ring is 1. The van der Waals surface area contributed by atoms with Crippen molar-refractivity contribution in [2.45, 2.75) is 51.7 Å². The van der Waals surface area contributed by atoms with Crippen molar-refractivity contribution in [2.24, 2.45) is 0 Å². The Morgan fingerprint density at radius 2 is 2.14 bits per heavy atom. The number of Topliss-reactive ketones (excluding diaryl/α,β-unsaturated/α-hetero) is 1. The van der Waals surface area contributed by atoms with Crippen molar-refractivity contribution < 1.29 is 14.3 Å². The minimum Gasteiger partial charge on any atom is -0.444 e. The summed E-state index contributed by atoms with van der Waals surface area (Å²) >= 11 is 0. The maximum atomic E-state index is 12.5. The molecule has 0 saturated carbocycles. The number of aromatic nitrogens is 1. The van der Waals surface area contributed by atoms with E-state index < -0.39 is 17.7 Å². The van der Waals surface area contributed by atoms with Crippen molar-refractivity contribution >= 4 is 17.6 Å². The smallest absolute Gasteiger partial charge is 0.410 e. The molecule has 22 heavy (non-hydrogen) atoms. The highest BCUT2D eigenvalue weighted by Gasteiger charge is 2.36. The Balaban J connectivity index is 2.01. The van der Waals surface area contributed by atoms with Crippen LogP contribution in [0.4, 0.5) is 10.5 Å². The van der Waals surface area contributed by atoms with Crippen molar-refractivity contribution in [3.8, 4) is 0 Å². The lowest BCUT2D eigenvalue weighted by Gasteiger charge is -2.27. The molecule has 1 aliphatic rings. The minimum absolute atomic E-state index is 0.0133. The zero-order valence-electron chi connectivity index (χ0n) is 13.3. The van der Waals surface area contributed by atoms with Gasteiger partial charge < -0.3 is 10.5 Å². The first-order chi connectivity index (χ1) is 10.3. The summed E-state index contributed by atoms with van der Waals surface area (Å²) < 4.78 is 5.37. The highest BCUT2D eigenvalue weighted by molar-refractivity contribution is 5.89. The quantitative estimate of drug-likeness (QED) is 0.925. The summed E-state index contributed by atoms with van der Waals surface area (Å²) in [5.74, 6) is -0.0133. The van der Waals surface area contributed by atoms with Crippen LogP contribution in [0.25, 0.3) is 0 Å². The van der Waals surface area contributed by atoms with E-state index in [1.165, 1.54) is 11.1 Å². The van der Waals surface area contributed by atoms with Crippen LogP contribution in [-0.4, -0.2) is 39.9 Å². The Morgan fingerprint density at radius 1 is 1.41 bits per heavy atom. The molecule has 1 fully saturated rings. The number of hydrogen-bond acceptors (Lipinski definition) is 5. The zero-order chi connectivity index (χ0) is 16.3. The summed E-state index contributed by atoms with van der Waals surface area (Å²) in [5, 5.41) is 0. The Hall–Kier alpha value is -2.11. The number of rotatable bonds is 3. The second kappa shape index (κ2) is 6.34. The number of carbonyl (C=O) groups is 2. The van der Waals surface area contributed by atoms with Gasteiger partial charge >= 0.3 is 6.09 Å². The standard InChI is InChI=1S/C16H23N3O3/c1-16(2,3)22-15(21)19-8-4-5-13(19)14(20)9-12-7-6-11(17)10-18-12/h6-7,10,13H,4-5,8-9,17H2,1-3H3. The fraction of sp³-hybridized carbons (Fsp3) is 0.562. The van der Waals surface area contributed by atoms with Crippen LogP contribution < -0.4 is 5.73 Å². The molecule has 1 amide bonds. The third-order valence-corrected chi connectivity index (χ3v) is 3.46. The summed E-state index contributed by atoms with van der Waals surface area (Å²) in [4.78, 5) is 30.3. The van der Waals surface area contributed by atoms with Crippen LogP contribution in [0.3, 0.4) is 0 Å². The van der Waals surface area contributed by atoms with Gasteiger partial charge in [0.15, 0.2) is 5.78 Å². The summed E-state index contributed by atoms with van der Waals surface area (Å²) in [5.41, 5.74) is 6.24. The van der Waals surface area contributed by atoms with Crippen molar-refractivity contribution in [2.75, 3.05) is 12.3 Å². The molecule has 0 spiro atoms. The predicted octanol–water partition coefficient (Wildman–Crippen LogP) is 2.17. The Labute approximate surface area is 130 Å². The predicted molar refractivity (Wildman–Crippen MR) is 83.3 cm³/mol. The van der Waals surface area contributed by atoms with E-state index in [9.17, 15) is 9.59 Å². The van der Waals surface area contributed by atoms with Crippen LogP contribution in [0.15, 0.2) is 18.3 Å². The monoisotopic (exact) mass is 305 g/mol. The van der Waals surface area contributed by atoms with E-state index in [-0.39, 0.29) is 12.2 Å². The van der Waals surface area contributed by atoms with E-state index in [0.717, 1.165) is 6.42 Å². The molecule has 1 saturated heterocycles. The van der Waals surface area contributed by atoms with Gasteiger partial charge in [0.05, 0.1) is 24.3 Å². The van der Waals surface area contributed by atoms with Crippen LogP contribution in [0.2, 0.25) is 0 Å². The number of anilines is 1. The van der Waals surface area contributed by atoms with E-state index in [1.54, 1.807) is 12.1 Å². The van der Waals surface area contributed by atoms with Gasteiger partial charge in [-0.3, -0.25) is 14.7 Å². The Bertz CT molecular complexity index is 549. The number of amides is 1. The first-order valence-corrected chi connectivity index (χ1v) is 7.49. The van der Waals surface area contributed by atoms with Crippen LogP contribution in [-0.2, 0) is 16.0 Å². The van der Waals surface area contributed by atoms with Gasteiger partial charge in [-0.05, 0) is 45.7 Å². The molecule has 120 valence electrons. The molecule has 0 bridgehead atoms. The summed E-state index contributed by atoms with van der Waals surface area (Å²) in [6.07, 6.45) is 2.79. The molecular formula is C16H23N3O3. The second-order valence-corrected chi connectivity index (χ2v) is 6.56. The van der Waals surface area contributed by atoms with Crippen molar-refractivity contribution in [1.29, 1.82) is 0 Å². The number of ether oxygens (including phenoxy) is 1. The molecule has 1 atom stereocenters. The Kier molecular flexibility index (Phi) is 4.68. The fourth-order valence-corrected chi connectivity index (χ4v) is 2.48. The van der Waals surface area contributed by atoms with Crippen molar-refractivity contribution in [3.63, 3.8) is 0 Å². The summed E-state index contributed by atoms with van der Waals surface area (Å²) in [7, 11) is 0. The van der Waals surface area contributed by atoms with Gasteiger partial charge in [-0.25, -0.2) is 4.79 Å². The molecular weight excluding hydrogens is 282 g/mol. The molecule has 1 aromatic heterocycles. The lowest BCUT2D eigenvalue weighted by atomic mass is 10.1. The average molecular weight is 305 g/mol. The van der Waals surface area contributed by atoms with E-state index in [4.69, 9.17) is 10.5 Å². The third-order valence-electron chi connectivity index (χ3n) is 3.46. The van der Waals surface area contributed by atoms with E-state index in [2.05, 4.69) is 4.98 Å². The normalized spacial score (nSPS) is 18.3. The van der Waals surface area contributed by atoms with Crippen molar-refractivity contribution in [3.05, 3.63) is 24.0 Å². The third kappa shape index (κ3) is 4.19. The minimum atomic E-state index is -0.564. The van der Waals surface area contributed by atoms with Crippen LogP contribution in [0.1, 0.15) is 39.3 Å². The lowest BCUT2D eigenvalue weighted by molar-refractivity contribution is -0.122. The summed E-state index contributed by atoms with van der Waals surface area (Å²) in [6.45, 7) is 6.00. The molecule has 1 aromatic rings. The maximum absolute atomic E-state index is 12.5. The van der Waals surface area contributed by atoms with Gasteiger partial charge in [-0.2, -0.15) is 0 Å². The average Bonchev–Trinajstić information content (AvgIpc) is 2.89. The molecule has 2 rings (SSSR count). The van der Waals surface area contributed by atoms with Gasteiger partial charge in [0, 0.05) is 12.2 Å². The zero-order valence-corrected chi connectivity index (χ0v) is 13.3. The highest BCUT2D eigenvalue weighted by Crippen LogP contribution is 2.22. The van der Waals surface area contributed by atoms with E-state index >= 15 is 0 Å². The first-order valence-electron chi connectivity index (χ1n) is 7.49. The van der Waals surface area contributed by atoms with Crippen LogP contribution in [0, 0.1) is 0 Å². The number of carbonyl (C=O) groups excluding carboxylic acids is 2. The molecule has 2 N–H and O–H groups in total. The molecule has 6 nitrogen and oxygen atoms in total.